The summed E-state index contributed by atoms with van der Waals surface area (Å²) in [5, 5.41) is 22.2. The number of aromatic nitrogens is 1. The maximum atomic E-state index is 10.6. The van der Waals surface area contributed by atoms with Crippen molar-refractivity contribution < 1.29 is 19.5 Å². The van der Waals surface area contributed by atoms with Crippen LogP contribution in [0.4, 0.5) is 0 Å². The number of hydrogen-bond acceptors (Lipinski definition) is 4. The molecule has 0 aliphatic rings. The number of aliphatic carboxylic acids is 1. The number of nitrogens with zero attached hydrogens (tertiary/aromatic N) is 2. The second-order valence-corrected chi connectivity index (χ2v) is 2.39. The quantitative estimate of drug-likeness (QED) is 0.311. The number of carboxylic acid groups (broad SMARTS) is 1. The lowest BCUT2D eigenvalue weighted by Crippen LogP contribution is -2.23. The molecule has 74 valence electrons. The molecular formula is C8H8N2O4. The molecular weight excluding hydrogens is 188 g/mol. The molecule has 6 heteroatoms. The van der Waals surface area contributed by atoms with Crippen LogP contribution in [0.5, 0.6) is 0 Å². The van der Waals surface area contributed by atoms with Crippen LogP contribution in [0.3, 0.4) is 0 Å². The van der Waals surface area contributed by atoms with Gasteiger partial charge >= 0.3 is 5.97 Å². The van der Waals surface area contributed by atoms with Crippen LogP contribution in [0.25, 0.3) is 0 Å². The Morgan fingerprint density at radius 3 is 2.86 bits per heavy atom. The van der Waals surface area contributed by atoms with E-state index in [1.165, 1.54) is 30.7 Å². The number of carboxylic acids is 1. The minimum absolute atomic E-state index is 0.481. The minimum atomic E-state index is -1.09. The maximum absolute atomic E-state index is 10.6. The summed E-state index contributed by atoms with van der Waals surface area (Å²) in [6.07, 6.45) is 3.93. The fourth-order valence-corrected chi connectivity index (χ4v) is 0.701. The Kier molecular flexibility index (Phi) is 3.42. The smallest absolute Gasteiger partial charge is 0.344 e. The topological polar surface area (TPSA) is 85.8 Å². The highest BCUT2D eigenvalue weighted by molar-refractivity contribution is 5.78. The number of carbonyl (C=O) groups is 1. The number of hydrogen-bond donors (Lipinski definition) is 1. The van der Waals surface area contributed by atoms with Crippen LogP contribution in [-0.2, 0) is 9.63 Å². The molecule has 1 N–H and O–H groups in total. The third-order valence-corrected chi connectivity index (χ3v) is 1.29. The standard InChI is InChI=1S/C8H8N2O4/c11-8(12)6-14-9-5-7-1-3-10(13)4-2-7/h1-5H,6H2,(H,11,12)/b9-5-. The molecule has 0 saturated carbocycles. The first kappa shape index (κ1) is 9.97. The predicted octanol–water partition coefficient (Wildman–Crippen LogP) is -0.245. The second-order valence-electron chi connectivity index (χ2n) is 2.39. The monoisotopic (exact) mass is 196 g/mol. The van der Waals surface area contributed by atoms with E-state index in [1.54, 1.807) is 0 Å². The maximum Gasteiger partial charge on any atom is 0.344 e. The van der Waals surface area contributed by atoms with E-state index >= 15 is 0 Å². The van der Waals surface area contributed by atoms with E-state index in [1.807, 2.05) is 0 Å². The Balaban J connectivity index is 2.44. The average molecular weight is 196 g/mol. The Morgan fingerprint density at radius 2 is 2.29 bits per heavy atom. The summed E-state index contributed by atoms with van der Waals surface area (Å²) in [6, 6.07) is 3.06. The van der Waals surface area contributed by atoms with Gasteiger partial charge in [-0.05, 0) is 0 Å². The van der Waals surface area contributed by atoms with Gasteiger partial charge < -0.3 is 15.2 Å². The molecule has 1 aromatic heterocycles. The van der Waals surface area contributed by atoms with Crippen molar-refractivity contribution in [3.8, 4) is 0 Å². The fraction of sp³-hybridized carbons (Fsp3) is 0.125. The highest BCUT2D eigenvalue weighted by atomic mass is 16.6. The summed E-state index contributed by atoms with van der Waals surface area (Å²) in [4.78, 5) is 14.4. The van der Waals surface area contributed by atoms with E-state index in [9.17, 15) is 10.0 Å². The molecule has 0 spiro atoms. The highest BCUT2D eigenvalue weighted by Gasteiger charge is 1.94. The Bertz CT molecular complexity index is 334. The zero-order valence-electron chi connectivity index (χ0n) is 7.16. The van der Waals surface area contributed by atoms with Gasteiger partial charge in [0.05, 0.1) is 6.21 Å². The summed E-state index contributed by atoms with van der Waals surface area (Å²) in [5.41, 5.74) is 0.655. The molecule has 1 heterocycles. The van der Waals surface area contributed by atoms with Gasteiger partial charge in [-0.1, -0.05) is 5.16 Å². The van der Waals surface area contributed by atoms with Crippen molar-refractivity contribution in [1.29, 1.82) is 0 Å². The van der Waals surface area contributed by atoms with Crippen molar-refractivity contribution in [2.45, 2.75) is 0 Å². The third-order valence-electron chi connectivity index (χ3n) is 1.29. The summed E-state index contributed by atoms with van der Waals surface area (Å²) in [5.74, 6) is -1.09. The van der Waals surface area contributed by atoms with Crippen LogP contribution in [0.2, 0.25) is 0 Å². The van der Waals surface area contributed by atoms with Gasteiger partial charge in [0.1, 0.15) is 0 Å². The van der Waals surface area contributed by atoms with Gasteiger partial charge in [-0.2, -0.15) is 4.73 Å². The third kappa shape index (κ3) is 3.53. The van der Waals surface area contributed by atoms with Crippen molar-refractivity contribution in [2.24, 2.45) is 5.16 Å². The number of oxime groups is 1. The zero-order chi connectivity index (χ0) is 10.4. The van der Waals surface area contributed by atoms with Gasteiger partial charge in [-0.3, -0.25) is 0 Å². The summed E-state index contributed by atoms with van der Waals surface area (Å²) in [7, 11) is 0. The van der Waals surface area contributed by atoms with Crippen LogP contribution in [0, 0.1) is 5.21 Å². The lowest BCUT2D eigenvalue weighted by atomic mass is 10.3. The summed E-state index contributed by atoms with van der Waals surface area (Å²) >= 11 is 0. The van der Waals surface area contributed by atoms with Crippen LogP contribution < -0.4 is 4.73 Å². The molecule has 0 atom stereocenters. The molecule has 6 nitrogen and oxygen atoms in total. The molecule has 1 rings (SSSR count). The SMILES string of the molecule is O=C(O)CO/N=C\c1cc[n+]([O-])cc1. The van der Waals surface area contributed by atoms with E-state index in [-0.39, 0.29) is 0 Å². The van der Waals surface area contributed by atoms with Crippen molar-refractivity contribution >= 4 is 12.2 Å². The first-order chi connectivity index (χ1) is 6.68. The van der Waals surface area contributed by atoms with Crippen LogP contribution in [0.1, 0.15) is 5.56 Å². The van der Waals surface area contributed by atoms with Crippen LogP contribution in [-0.4, -0.2) is 23.9 Å². The fourth-order valence-electron chi connectivity index (χ4n) is 0.701. The van der Waals surface area contributed by atoms with Gasteiger partial charge in [0.25, 0.3) is 0 Å². The first-order valence-electron chi connectivity index (χ1n) is 3.74. The normalized spacial score (nSPS) is 10.3. The number of pyridine rings is 1. The molecule has 0 amide bonds. The Labute approximate surface area is 79.6 Å². The van der Waals surface area contributed by atoms with E-state index in [2.05, 4.69) is 9.99 Å². The largest absolute Gasteiger partial charge is 0.619 e. The van der Waals surface area contributed by atoms with E-state index in [0.717, 1.165) is 0 Å². The van der Waals surface area contributed by atoms with Gasteiger partial charge in [-0.15, -0.1) is 0 Å². The summed E-state index contributed by atoms with van der Waals surface area (Å²) in [6.45, 7) is -0.481. The van der Waals surface area contributed by atoms with Gasteiger partial charge in [0.2, 0.25) is 6.61 Å². The lowest BCUT2D eigenvalue weighted by molar-refractivity contribution is -0.605. The summed E-state index contributed by atoms with van der Waals surface area (Å²) < 4.78 is 0.634. The highest BCUT2D eigenvalue weighted by Crippen LogP contribution is 1.90. The molecule has 0 fully saturated rings. The van der Waals surface area contributed by atoms with E-state index in [0.29, 0.717) is 10.3 Å². The van der Waals surface area contributed by atoms with Crippen molar-refractivity contribution in [2.75, 3.05) is 6.61 Å². The van der Waals surface area contributed by atoms with Crippen LogP contribution in [0.15, 0.2) is 29.7 Å². The van der Waals surface area contributed by atoms with Crippen LogP contribution >= 0.6 is 0 Å². The molecule has 0 aromatic carbocycles. The molecule has 0 aliphatic carbocycles. The average Bonchev–Trinajstić information content (AvgIpc) is 2.15. The Morgan fingerprint density at radius 1 is 1.64 bits per heavy atom. The molecule has 0 aliphatic heterocycles. The molecule has 0 radical (unpaired) electrons. The number of rotatable bonds is 4. The minimum Gasteiger partial charge on any atom is -0.619 e. The van der Waals surface area contributed by atoms with Crippen molar-refractivity contribution in [3.05, 3.63) is 35.3 Å². The van der Waals surface area contributed by atoms with Gasteiger partial charge in [-0.25, -0.2) is 4.79 Å². The second kappa shape index (κ2) is 4.80. The van der Waals surface area contributed by atoms with E-state index < -0.39 is 12.6 Å². The molecule has 0 saturated heterocycles. The van der Waals surface area contributed by atoms with Crippen molar-refractivity contribution in [3.63, 3.8) is 0 Å². The molecule has 14 heavy (non-hydrogen) atoms. The molecule has 1 aromatic rings. The predicted molar refractivity (Wildman–Crippen MR) is 46.6 cm³/mol. The molecule has 0 bridgehead atoms. The first-order valence-corrected chi connectivity index (χ1v) is 3.74. The van der Waals surface area contributed by atoms with Crippen molar-refractivity contribution in [1.82, 2.24) is 0 Å². The Hall–Kier alpha value is -2.11. The van der Waals surface area contributed by atoms with E-state index in [4.69, 9.17) is 5.11 Å². The lowest BCUT2D eigenvalue weighted by Gasteiger charge is -1.95. The van der Waals surface area contributed by atoms with Gasteiger partial charge in [0.15, 0.2) is 12.4 Å². The van der Waals surface area contributed by atoms with Gasteiger partial charge in [0, 0.05) is 17.7 Å². The zero-order valence-corrected chi connectivity index (χ0v) is 7.16. The molecule has 0 unspecified atom stereocenters.